The van der Waals surface area contributed by atoms with E-state index in [-0.39, 0.29) is 12.6 Å². The maximum Gasteiger partial charge on any atom is 0.231 e. The highest BCUT2D eigenvalue weighted by atomic mass is 16.7. The minimum absolute atomic E-state index is 0.0884. The van der Waals surface area contributed by atoms with Crippen LogP contribution in [0.4, 0.5) is 0 Å². The molecular formula is C23H22N2O5. The van der Waals surface area contributed by atoms with Crippen molar-refractivity contribution in [2.24, 2.45) is 7.05 Å². The van der Waals surface area contributed by atoms with Gasteiger partial charge < -0.3 is 18.9 Å². The van der Waals surface area contributed by atoms with Gasteiger partial charge in [-0.1, -0.05) is 12.1 Å². The van der Waals surface area contributed by atoms with Crippen molar-refractivity contribution in [2.75, 3.05) is 13.9 Å². The maximum atomic E-state index is 12.5. The van der Waals surface area contributed by atoms with E-state index in [0.717, 1.165) is 11.1 Å². The van der Waals surface area contributed by atoms with Crippen LogP contribution in [0, 0.1) is 6.92 Å². The highest BCUT2D eigenvalue weighted by Gasteiger charge is 2.14. The van der Waals surface area contributed by atoms with Gasteiger partial charge in [0.05, 0.1) is 18.4 Å². The molecule has 154 valence electrons. The van der Waals surface area contributed by atoms with Crippen LogP contribution in [0.1, 0.15) is 27.2 Å². The summed E-state index contributed by atoms with van der Waals surface area (Å²) in [6.45, 7) is 2.35. The number of fused-ring (bicyclic) bond motifs is 1. The van der Waals surface area contributed by atoms with Crippen LogP contribution in [-0.2, 0) is 13.7 Å². The summed E-state index contributed by atoms with van der Waals surface area (Å²) < 4.78 is 23.7. The highest BCUT2D eigenvalue weighted by molar-refractivity contribution is 6.07. The molecule has 0 N–H and O–H groups in total. The van der Waals surface area contributed by atoms with Crippen molar-refractivity contribution in [3.8, 4) is 23.0 Å². The maximum absolute atomic E-state index is 12.5. The molecule has 7 nitrogen and oxygen atoms in total. The van der Waals surface area contributed by atoms with E-state index in [1.54, 1.807) is 43.3 Å². The molecule has 0 amide bonds. The molecule has 0 saturated carbocycles. The largest absolute Gasteiger partial charge is 0.496 e. The minimum Gasteiger partial charge on any atom is -0.496 e. The number of ketones is 1. The number of carbonyl (C=O) groups is 1. The molecule has 0 unspecified atom stereocenters. The second kappa shape index (κ2) is 8.32. The summed E-state index contributed by atoms with van der Waals surface area (Å²) in [5.41, 5.74) is 3.03. The standard InChI is InChI=1S/C23H22N2O5/c1-15-19(12-25(2)24-15)20(26)7-4-16-5-8-21(27-3)17(10-16)13-28-18-6-9-22-23(11-18)30-14-29-22/h4-12H,13-14H2,1-3H3/b7-4+. The summed E-state index contributed by atoms with van der Waals surface area (Å²) in [6, 6.07) is 11.1. The Bertz CT molecular complexity index is 1120. The number of ether oxygens (including phenoxy) is 4. The van der Waals surface area contributed by atoms with Gasteiger partial charge in [0.15, 0.2) is 17.3 Å². The summed E-state index contributed by atoms with van der Waals surface area (Å²) >= 11 is 0. The third-order valence-electron chi connectivity index (χ3n) is 4.75. The Morgan fingerprint density at radius 2 is 2.03 bits per heavy atom. The van der Waals surface area contributed by atoms with Crippen LogP contribution in [0.3, 0.4) is 0 Å². The fourth-order valence-corrected chi connectivity index (χ4v) is 3.25. The summed E-state index contributed by atoms with van der Waals surface area (Å²) in [4.78, 5) is 12.5. The van der Waals surface area contributed by atoms with Gasteiger partial charge in [0, 0.05) is 24.9 Å². The Kier molecular flexibility index (Phi) is 5.43. The van der Waals surface area contributed by atoms with Gasteiger partial charge in [0.25, 0.3) is 0 Å². The number of aromatic nitrogens is 2. The van der Waals surface area contributed by atoms with E-state index in [4.69, 9.17) is 18.9 Å². The molecule has 1 aromatic heterocycles. The first kappa shape index (κ1) is 19.6. The third kappa shape index (κ3) is 4.15. The van der Waals surface area contributed by atoms with Crippen molar-refractivity contribution >= 4 is 11.9 Å². The van der Waals surface area contributed by atoms with Gasteiger partial charge in [-0.2, -0.15) is 5.10 Å². The SMILES string of the molecule is COc1ccc(/C=C/C(=O)c2cn(C)nc2C)cc1COc1ccc2c(c1)OCO2. The molecule has 1 aliphatic rings. The molecule has 4 rings (SSSR count). The summed E-state index contributed by atoms with van der Waals surface area (Å²) in [5.74, 6) is 2.67. The van der Waals surface area contributed by atoms with Crippen molar-refractivity contribution in [2.45, 2.75) is 13.5 Å². The second-order valence-corrected chi connectivity index (χ2v) is 6.87. The fraction of sp³-hybridized carbons (Fsp3) is 0.217. The Hall–Kier alpha value is -3.74. The van der Waals surface area contributed by atoms with Gasteiger partial charge in [-0.05, 0) is 42.8 Å². The second-order valence-electron chi connectivity index (χ2n) is 6.87. The first-order valence-corrected chi connectivity index (χ1v) is 9.45. The van der Waals surface area contributed by atoms with Gasteiger partial charge in [-0.25, -0.2) is 0 Å². The Morgan fingerprint density at radius 3 is 2.80 bits per heavy atom. The zero-order chi connectivity index (χ0) is 21.1. The molecule has 0 radical (unpaired) electrons. The lowest BCUT2D eigenvalue weighted by molar-refractivity contribution is 0.104. The number of nitrogens with zero attached hydrogens (tertiary/aromatic N) is 2. The lowest BCUT2D eigenvalue weighted by Crippen LogP contribution is -1.99. The molecular weight excluding hydrogens is 384 g/mol. The average molecular weight is 406 g/mol. The predicted molar refractivity (Wildman–Crippen MR) is 111 cm³/mol. The third-order valence-corrected chi connectivity index (χ3v) is 4.75. The Labute approximate surface area is 174 Å². The fourth-order valence-electron chi connectivity index (χ4n) is 3.25. The van der Waals surface area contributed by atoms with Crippen LogP contribution in [0.2, 0.25) is 0 Å². The molecule has 1 aliphatic heterocycles. The molecule has 3 aromatic rings. The van der Waals surface area contributed by atoms with Crippen molar-refractivity contribution < 1.29 is 23.7 Å². The van der Waals surface area contributed by atoms with Crippen molar-refractivity contribution in [1.29, 1.82) is 0 Å². The van der Waals surface area contributed by atoms with E-state index in [0.29, 0.717) is 40.9 Å². The number of benzene rings is 2. The molecule has 30 heavy (non-hydrogen) atoms. The van der Waals surface area contributed by atoms with Crippen LogP contribution in [0.25, 0.3) is 6.08 Å². The van der Waals surface area contributed by atoms with Gasteiger partial charge in [0.1, 0.15) is 18.1 Å². The molecule has 2 aromatic carbocycles. The quantitative estimate of drug-likeness (QED) is 0.437. The average Bonchev–Trinajstić information content (AvgIpc) is 3.35. The Balaban J connectivity index is 1.49. The minimum atomic E-state index is -0.0884. The zero-order valence-electron chi connectivity index (χ0n) is 17.0. The number of hydrogen-bond donors (Lipinski definition) is 0. The zero-order valence-corrected chi connectivity index (χ0v) is 17.0. The number of methoxy groups -OCH3 is 1. The predicted octanol–water partition coefficient (Wildman–Crippen LogP) is 3.94. The normalized spacial score (nSPS) is 12.4. The summed E-state index contributed by atoms with van der Waals surface area (Å²) in [5, 5.41) is 4.21. The molecule has 0 saturated heterocycles. The number of aryl methyl sites for hydroxylation is 2. The van der Waals surface area contributed by atoms with Gasteiger partial charge in [0.2, 0.25) is 6.79 Å². The first-order valence-electron chi connectivity index (χ1n) is 9.45. The van der Waals surface area contributed by atoms with E-state index in [9.17, 15) is 4.79 Å². The van der Waals surface area contributed by atoms with Crippen LogP contribution >= 0.6 is 0 Å². The van der Waals surface area contributed by atoms with E-state index in [1.165, 1.54) is 0 Å². The van der Waals surface area contributed by atoms with E-state index in [2.05, 4.69) is 5.10 Å². The van der Waals surface area contributed by atoms with Crippen LogP contribution < -0.4 is 18.9 Å². The first-order chi connectivity index (χ1) is 14.5. The van der Waals surface area contributed by atoms with E-state index < -0.39 is 0 Å². The molecule has 2 heterocycles. The van der Waals surface area contributed by atoms with Gasteiger partial charge >= 0.3 is 0 Å². The monoisotopic (exact) mass is 406 g/mol. The molecule has 0 bridgehead atoms. The summed E-state index contributed by atoms with van der Waals surface area (Å²) in [6.07, 6.45) is 5.05. The van der Waals surface area contributed by atoms with Crippen molar-refractivity contribution in [1.82, 2.24) is 9.78 Å². The summed E-state index contributed by atoms with van der Waals surface area (Å²) in [7, 11) is 3.41. The molecule has 0 fully saturated rings. The van der Waals surface area contributed by atoms with Crippen LogP contribution in [-0.4, -0.2) is 29.5 Å². The van der Waals surface area contributed by atoms with Crippen LogP contribution in [0.15, 0.2) is 48.7 Å². The van der Waals surface area contributed by atoms with Crippen molar-refractivity contribution in [3.63, 3.8) is 0 Å². The van der Waals surface area contributed by atoms with Gasteiger partial charge in [-0.3, -0.25) is 9.48 Å². The number of allylic oxidation sites excluding steroid dienone is 1. The van der Waals surface area contributed by atoms with Crippen LogP contribution in [0.5, 0.6) is 23.0 Å². The molecule has 0 atom stereocenters. The lowest BCUT2D eigenvalue weighted by atomic mass is 10.1. The number of rotatable bonds is 7. The van der Waals surface area contributed by atoms with Gasteiger partial charge in [-0.15, -0.1) is 0 Å². The smallest absolute Gasteiger partial charge is 0.231 e. The molecule has 0 spiro atoms. The molecule has 7 heteroatoms. The number of carbonyl (C=O) groups excluding carboxylic acids is 1. The topological polar surface area (TPSA) is 71.8 Å². The van der Waals surface area contributed by atoms with E-state index >= 15 is 0 Å². The number of hydrogen-bond acceptors (Lipinski definition) is 6. The van der Waals surface area contributed by atoms with Crippen molar-refractivity contribution in [3.05, 3.63) is 71.1 Å². The van der Waals surface area contributed by atoms with E-state index in [1.807, 2.05) is 37.3 Å². The highest BCUT2D eigenvalue weighted by Crippen LogP contribution is 2.35. The lowest BCUT2D eigenvalue weighted by Gasteiger charge is -2.11. The molecule has 0 aliphatic carbocycles. The Morgan fingerprint density at radius 1 is 1.20 bits per heavy atom.